The van der Waals surface area contributed by atoms with Crippen molar-refractivity contribution in [1.82, 2.24) is 0 Å². The zero-order valence-corrected chi connectivity index (χ0v) is 12.1. The Morgan fingerprint density at radius 2 is 2.00 bits per heavy atom. The van der Waals surface area contributed by atoms with Crippen LogP contribution in [0.15, 0.2) is 18.2 Å². The molecule has 108 valence electrons. The molecule has 5 heteroatoms. The molecule has 1 aliphatic carbocycles. The summed E-state index contributed by atoms with van der Waals surface area (Å²) in [5.41, 5.74) is 2.46. The molecule has 0 saturated carbocycles. The van der Waals surface area contributed by atoms with Gasteiger partial charge in [0.15, 0.2) is 9.84 Å². The van der Waals surface area contributed by atoms with Crippen LogP contribution in [0.5, 0.6) is 0 Å². The number of rotatable bonds is 3. The zero-order chi connectivity index (χ0) is 14.4. The number of aliphatic carboxylic acids is 1. The average Bonchev–Trinajstić information content (AvgIpc) is 2.94. The minimum absolute atomic E-state index is 0.00968. The van der Waals surface area contributed by atoms with Gasteiger partial charge in [-0.25, -0.2) is 8.42 Å². The molecule has 1 saturated heterocycles. The van der Waals surface area contributed by atoms with Gasteiger partial charge in [0.05, 0.1) is 16.9 Å². The van der Waals surface area contributed by atoms with Gasteiger partial charge in [0.25, 0.3) is 0 Å². The van der Waals surface area contributed by atoms with Crippen LogP contribution in [-0.2, 0) is 33.9 Å². The first-order valence-electron chi connectivity index (χ1n) is 6.95. The lowest BCUT2D eigenvalue weighted by atomic mass is 9.81. The first kappa shape index (κ1) is 13.6. The molecule has 1 N–H and O–H groups in total. The third-order valence-electron chi connectivity index (χ3n) is 4.55. The second-order valence-corrected chi connectivity index (χ2v) is 8.24. The Labute approximate surface area is 118 Å². The largest absolute Gasteiger partial charge is 0.481 e. The lowest BCUT2D eigenvalue weighted by molar-refractivity contribution is -0.147. The minimum atomic E-state index is -3.21. The van der Waals surface area contributed by atoms with Crippen LogP contribution >= 0.6 is 0 Å². The molecule has 1 atom stereocenters. The molecule has 1 unspecified atom stereocenters. The smallest absolute Gasteiger partial charge is 0.311 e. The summed E-state index contributed by atoms with van der Waals surface area (Å²) in [6.07, 6.45) is 3.82. The van der Waals surface area contributed by atoms with Crippen molar-refractivity contribution in [3.63, 3.8) is 0 Å². The van der Waals surface area contributed by atoms with Gasteiger partial charge < -0.3 is 5.11 Å². The van der Waals surface area contributed by atoms with Crippen molar-refractivity contribution in [3.8, 4) is 0 Å². The Balaban J connectivity index is 1.90. The molecule has 1 aromatic rings. The molecule has 1 aromatic carbocycles. The topological polar surface area (TPSA) is 71.4 Å². The molecule has 0 radical (unpaired) electrons. The van der Waals surface area contributed by atoms with Crippen LogP contribution in [-0.4, -0.2) is 31.0 Å². The van der Waals surface area contributed by atoms with E-state index >= 15 is 0 Å². The third-order valence-corrected chi connectivity index (χ3v) is 6.37. The molecule has 4 nitrogen and oxygen atoms in total. The van der Waals surface area contributed by atoms with Gasteiger partial charge >= 0.3 is 5.97 Å². The quantitative estimate of drug-likeness (QED) is 0.919. The van der Waals surface area contributed by atoms with Crippen LogP contribution in [0.4, 0.5) is 0 Å². The Kier molecular flexibility index (Phi) is 3.12. The SMILES string of the molecule is O=C(O)C1(Cc2ccc3c(c2)CCC3)CCS(=O)(=O)C1. The summed E-state index contributed by atoms with van der Waals surface area (Å²) >= 11 is 0. The van der Waals surface area contributed by atoms with Crippen molar-refractivity contribution in [2.75, 3.05) is 11.5 Å². The Morgan fingerprint density at radius 3 is 2.65 bits per heavy atom. The van der Waals surface area contributed by atoms with E-state index in [1.807, 2.05) is 6.07 Å². The number of carbonyl (C=O) groups is 1. The highest BCUT2D eigenvalue weighted by atomic mass is 32.2. The number of aryl methyl sites for hydroxylation is 2. The highest BCUT2D eigenvalue weighted by Gasteiger charge is 2.48. The van der Waals surface area contributed by atoms with Crippen LogP contribution in [0.25, 0.3) is 0 Å². The number of carboxylic acids is 1. The van der Waals surface area contributed by atoms with Crippen LogP contribution < -0.4 is 0 Å². The van der Waals surface area contributed by atoms with Gasteiger partial charge in [-0.2, -0.15) is 0 Å². The van der Waals surface area contributed by atoms with Crippen molar-refractivity contribution < 1.29 is 18.3 Å². The van der Waals surface area contributed by atoms with E-state index in [1.54, 1.807) is 0 Å². The van der Waals surface area contributed by atoms with Gasteiger partial charge in [-0.05, 0) is 48.8 Å². The first-order chi connectivity index (χ1) is 9.40. The van der Waals surface area contributed by atoms with E-state index in [2.05, 4.69) is 12.1 Å². The molecule has 1 fully saturated rings. The van der Waals surface area contributed by atoms with E-state index in [-0.39, 0.29) is 17.9 Å². The van der Waals surface area contributed by atoms with E-state index in [0.717, 1.165) is 24.8 Å². The summed E-state index contributed by atoms with van der Waals surface area (Å²) in [5.74, 6) is -1.23. The summed E-state index contributed by atoms with van der Waals surface area (Å²) in [7, 11) is -3.21. The fourth-order valence-corrected chi connectivity index (χ4v) is 5.48. The molecular weight excluding hydrogens is 276 g/mol. The summed E-state index contributed by atoms with van der Waals surface area (Å²) in [6, 6.07) is 6.09. The standard InChI is InChI=1S/C15H18O4S/c16-14(17)15(6-7-20(18,19)10-15)9-11-4-5-12-2-1-3-13(12)8-11/h4-5,8H,1-3,6-7,9-10H2,(H,16,17). The molecule has 0 aromatic heterocycles. The lowest BCUT2D eigenvalue weighted by Crippen LogP contribution is -2.34. The molecule has 20 heavy (non-hydrogen) atoms. The van der Waals surface area contributed by atoms with E-state index in [4.69, 9.17) is 0 Å². The second kappa shape index (κ2) is 4.58. The van der Waals surface area contributed by atoms with E-state index < -0.39 is 21.2 Å². The Hall–Kier alpha value is -1.36. The molecule has 2 aliphatic rings. The molecule has 0 spiro atoms. The monoisotopic (exact) mass is 294 g/mol. The van der Waals surface area contributed by atoms with Gasteiger partial charge in [-0.1, -0.05) is 18.2 Å². The maximum absolute atomic E-state index is 11.7. The number of fused-ring (bicyclic) bond motifs is 1. The lowest BCUT2D eigenvalue weighted by Gasteiger charge is -2.22. The van der Waals surface area contributed by atoms with Gasteiger partial charge in [0, 0.05) is 0 Å². The highest BCUT2D eigenvalue weighted by Crippen LogP contribution is 2.37. The molecular formula is C15H18O4S. The Morgan fingerprint density at radius 1 is 1.25 bits per heavy atom. The van der Waals surface area contributed by atoms with E-state index in [0.29, 0.717) is 6.42 Å². The van der Waals surface area contributed by atoms with Crippen molar-refractivity contribution in [2.24, 2.45) is 5.41 Å². The van der Waals surface area contributed by atoms with Crippen LogP contribution in [0, 0.1) is 5.41 Å². The van der Waals surface area contributed by atoms with Gasteiger partial charge in [0.2, 0.25) is 0 Å². The minimum Gasteiger partial charge on any atom is -0.481 e. The normalized spacial score (nSPS) is 27.4. The number of sulfone groups is 1. The number of hydrogen-bond donors (Lipinski definition) is 1. The van der Waals surface area contributed by atoms with Gasteiger partial charge in [-0.3, -0.25) is 4.79 Å². The number of benzene rings is 1. The summed E-state index contributed by atoms with van der Waals surface area (Å²) in [5, 5.41) is 9.49. The molecule has 0 bridgehead atoms. The second-order valence-electron chi connectivity index (χ2n) is 6.06. The number of carboxylic acid groups (broad SMARTS) is 1. The average molecular weight is 294 g/mol. The molecule has 1 heterocycles. The Bertz CT molecular complexity index is 662. The summed E-state index contributed by atoms with van der Waals surface area (Å²) in [4.78, 5) is 11.6. The third kappa shape index (κ3) is 2.35. The first-order valence-corrected chi connectivity index (χ1v) is 8.77. The fourth-order valence-electron chi connectivity index (χ4n) is 3.43. The fraction of sp³-hybridized carbons (Fsp3) is 0.533. The van der Waals surface area contributed by atoms with Crippen molar-refractivity contribution in [1.29, 1.82) is 0 Å². The van der Waals surface area contributed by atoms with Crippen LogP contribution in [0.1, 0.15) is 29.5 Å². The van der Waals surface area contributed by atoms with Crippen molar-refractivity contribution >= 4 is 15.8 Å². The van der Waals surface area contributed by atoms with Crippen LogP contribution in [0.3, 0.4) is 0 Å². The van der Waals surface area contributed by atoms with Crippen molar-refractivity contribution in [2.45, 2.75) is 32.1 Å². The van der Waals surface area contributed by atoms with Gasteiger partial charge in [0.1, 0.15) is 0 Å². The molecule has 1 aliphatic heterocycles. The zero-order valence-electron chi connectivity index (χ0n) is 11.3. The summed E-state index contributed by atoms with van der Waals surface area (Å²) < 4.78 is 23.3. The van der Waals surface area contributed by atoms with Crippen LogP contribution in [0.2, 0.25) is 0 Å². The molecule has 0 amide bonds. The van der Waals surface area contributed by atoms with Gasteiger partial charge in [-0.15, -0.1) is 0 Å². The molecule has 3 rings (SSSR count). The maximum atomic E-state index is 11.7. The highest BCUT2D eigenvalue weighted by molar-refractivity contribution is 7.91. The van der Waals surface area contributed by atoms with E-state index in [9.17, 15) is 18.3 Å². The predicted molar refractivity (Wildman–Crippen MR) is 75.5 cm³/mol. The van der Waals surface area contributed by atoms with E-state index in [1.165, 1.54) is 11.1 Å². The van der Waals surface area contributed by atoms with Crippen molar-refractivity contribution in [3.05, 3.63) is 34.9 Å². The predicted octanol–water partition coefficient (Wildman–Crippen LogP) is 1.61. The maximum Gasteiger partial charge on any atom is 0.311 e. The number of hydrogen-bond acceptors (Lipinski definition) is 3. The summed E-state index contributed by atoms with van der Waals surface area (Å²) in [6.45, 7) is 0.